The van der Waals surface area contributed by atoms with E-state index in [9.17, 15) is 9.18 Å². The Hall–Kier alpha value is -3.49. The highest BCUT2D eigenvalue weighted by atomic mass is 79.9. The SMILES string of the molecule is CCOc1ccc(CCN2C(=O)[C@H](C)O[C@H]2c2cn(-c3ccc(Br)cc3)nc2-c2ccc(F)cc2)cc1. The summed E-state index contributed by atoms with van der Waals surface area (Å²) in [5.74, 6) is 0.426. The molecule has 0 unspecified atom stereocenters. The molecule has 6 nitrogen and oxygen atoms in total. The van der Waals surface area contributed by atoms with E-state index in [-0.39, 0.29) is 11.7 Å². The third-order valence-corrected chi connectivity index (χ3v) is 6.87. The van der Waals surface area contributed by atoms with E-state index < -0.39 is 12.3 Å². The van der Waals surface area contributed by atoms with Crippen LogP contribution in [0, 0.1) is 5.82 Å². The summed E-state index contributed by atoms with van der Waals surface area (Å²) in [4.78, 5) is 14.9. The van der Waals surface area contributed by atoms with Gasteiger partial charge in [-0.25, -0.2) is 9.07 Å². The van der Waals surface area contributed by atoms with Crippen LogP contribution in [0.2, 0.25) is 0 Å². The second kappa shape index (κ2) is 10.9. The molecule has 5 rings (SSSR count). The smallest absolute Gasteiger partial charge is 0.253 e. The van der Waals surface area contributed by atoms with E-state index in [1.807, 2.05) is 61.7 Å². The Labute approximate surface area is 223 Å². The average Bonchev–Trinajstić information content (AvgIpc) is 3.46. The number of amides is 1. The summed E-state index contributed by atoms with van der Waals surface area (Å²) in [5.41, 5.74) is 4.09. The first-order valence-electron chi connectivity index (χ1n) is 12.2. The van der Waals surface area contributed by atoms with Gasteiger partial charge in [0.2, 0.25) is 0 Å². The van der Waals surface area contributed by atoms with Crippen molar-refractivity contribution in [2.24, 2.45) is 0 Å². The first-order valence-corrected chi connectivity index (χ1v) is 13.0. The summed E-state index contributed by atoms with van der Waals surface area (Å²) in [6, 6.07) is 21.9. The summed E-state index contributed by atoms with van der Waals surface area (Å²) in [7, 11) is 0. The Balaban J connectivity index is 1.48. The summed E-state index contributed by atoms with van der Waals surface area (Å²) >= 11 is 3.47. The normalized spacial score (nSPS) is 17.4. The van der Waals surface area contributed by atoms with E-state index in [2.05, 4.69) is 15.9 Å². The first-order chi connectivity index (χ1) is 17.9. The van der Waals surface area contributed by atoms with E-state index in [1.165, 1.54) is 12.1 Å². The number of ether oxygens (including phenoxy) is 2. The maximum atomic E-state index is 13.7. The van der Waals surface area contributed by atoms with Crippen LogP contribution in [0.15, 0.2) is 83.5 Å². The highest BCUT2D eigenvalue weighted by molar-refractivity contribution is 9.10. The number of halogens is 2. The lowest BCUT2D eigenvalue weighted by molar-refractivity contribution is -0.130. The predicted molar refractivity (Wildman–Crippen MR) is 143 cm³/mol. The van der Waals surface area contributed by atoms with E-state index in [0.29, 0.717) is 25.3 Å². The lowest BCUT2D eigenvalue weighted by Gasteiger charge is -2.23. The predicted octanol–water partition coefficient (Wildman–Crippen LogP) is 6.33. The summed E-state index contributed by atoms with van der Waals surface area (Å²) in [6.07, 6.45) is 1.36. The van der Waals surface area contributed by atoms with E-state index in [0.717, 1.165) is 32.6 Å². The van der Waals surface area contributed by atoms with Crippen LogP contribution >= 0.6 is 15.9 Å². The molecule has 0 saturated carbocycles. The third kappa shape index (κ3) is 5.45. The van der Waals surface area contributed by atoms with Gasteiger partial charge in [0.15, 0.2) is 6.23 Å². The third-order valence-electron chi connectivity index (χ3n) is 6.34. The fourth-order valence-electron chi connectivity index (χ4n) is 4.44. The fraction of sp³-hybridized carbons (Fsp3) is 0.241. The Morgan fingerprint density at radius 1 is 1.03 bits per heavy atom. The second-order valence-electron chi connectivity index (χ2n) is 8.85. The van der Waals surface area contributed by atoms with Gasteiger partial charge in [0.25, 0.3) is 5.91 Å². The number of hydrogen-bond donors (Lipinski definition) is 0. The fourth-order valence-corrected chi connectivity index (χ4v) is 4.70. The molecule has 2 atom stereocenters. The Bertz CT molecular complexity index is 1370. The minimum absolute atomic E-state index is 0.0719. The molecule has 1 aromatic heterocycles. The maximum absolute atomic E-state index is 13.7. The molecule has 8 heteroatoms. The van der Waals surface area contributed by atoms with Crippen molar-refractivity contribution in [1.29, 1.82) is 0 Å². The first kappa shape index (κ1) is 25.2. The van der Waals surface area contributed by atoms with Gasteiger partial charge in [-0.15, -0.1) is 0 Å². The molecular formula is C29H27BrFN3O3. The lowest BCUT2D eigenvalue weighted by atomic mass is 10.1. The van der Waals surface area contributed by atoms with Crippen molar-refractivity contribution in [2.45, 2.75) is 32.6 Å². The number of carbonyl (C=O) groups is 1. The monoisotopic (exact) mass is 563 g/mol. The number of hydrogen-bond acceptors (Lipinski definition) is 4. The summed E-state index contributed by atoms with van der Waals surface area (Å²) in [6.45, 7) is 4.81. The van der Waals surface area contributed by atoms with Crippen molar-refractivity contribution in [3.63, 3.8) is 0 Å². The van der Waals surface area contributed by atoms with Gasteiger partial charge in [0.1, 0.15) is 23.4 Å². The Morgan fingerprint density at radius 2 is 1.73 bits per heavy atom. The largest absolute Gasteiger partial charge is 0.494 e. The molecule has 37 heavy (non-hydrogen) atoms. The lowest BCUT2D eigenvalue weighted by Crippen LogP contribution is -2.32. The van der Waals surface area contributed by atoms with Gasteiger partial charge in [-0.05, 0) is 86.5 Å². The van der Waals surface area contributed by atoms with Gasteiger partial charge in [0.05, 0.1) is 12.3 Å². The molecule has 1 amide bonds. The molecule has 2 heterocycles. The highest BCUT2D eigenvalue weighted by Gasteiger charge is 2.40. The van der Waals surface area contributed by atoms with Crippen molar-refractivity contribution in [1.82, 2.24) is 14.7 Å². The minimum atomic E-state index is -0.616. The van der Waals surface area contributed by atoms with Crippen LogP contribution in [-0.4, -0.2) is 39.8 Å². The summed E-state index contributed by atoms with van der Waals surface area (Å²) in [5, 5.41) is 4.83. The van der Waals surface area contributed by atoms with Crippen LogP contribution in [0.3, 0.4) is 0 Å². The average molecular weight is 564 g/mol. The zero-order valence-corrected chi connectivity index (χ0v) is 22.2. The van der Waals surface area contributed by atoms with Crippen LogP contribution in [-0.2, 0) is 16.0 Å². The van der Waals surface area contributed by atoms with Gasteiger partial charge < -0.3 is 14.4 Å². The van der Waals surface area contributed by atoms with Crippen molar-refractivity contribution in [3.8, 4) is 22.7 Å². The van der Waals surface area contributed by atoms with Crippen molar-refractivity contribution in [2.75, 3.05) is 13.2 Å². The quantitative estimate of drug-likeness (QED) is 0.251. The van der Waals surface area contributed by atoms with Gasteiger partial charge in [-0.3, -0.25) is 4.79 Å². The van der Waals surface area contributed by atoms with Gasteiger partial charge in [-0.1, -0.05) is 28.1 Å². The molecule has 3 aromatic carbocycles. The van der Waals surface area contributed by atoms with E-state index >= 15 is 0 Å². The zero-order chi connectivity index (χ0) is 25.9. The highest BCUT2D eigenvalue weighted by Crippen LogP contribution is 2.37. The molecule has 0 spiro atoms. The molecule has 0 bridgehead atoms. The molecule has 1 aliphatic rings. The van der Waals surface area contributed by atoms with E-state index in [1.54, 1.807) is 28.6 Å². The van der Waals surface area contributed by atoms with Crippen molar-refractivity contribution < 1.29 is 18.7 Å². The van der Waals surface area contributed by atoms with Gasteiger partial charge in [-0.2, -0.15) is 5.10 Å². The molecule has 0 aliphatic carbocycles. The Kier molecular flexibility index (Phi) is 7.39. The molecule has 1 saturated heterocycles. The standard InChI is InChI=1S/C29H27BrFN3O3/c1-3-36-25-14-4-20(5-15-25)16-17-33-28(35)19(2)37-29(33)26-18-34(24-12-8-22(30)9-13-24)32-27(26)21-6-10-23(31)11-7-21/h4-15,18-19,29H,3,16-17H2,1-2H3/t19-,29-/m0/s1. The van der Waals surface area contributed by atoms with Gasteiger partial charge >= 0.3 is 0 Å². The van der Waals surface area contributed by atoms with Crippen LogP contribution in [0.5, 0.6) is 5.75 Å². The topological polar surface area (TPSA) is 56.6 Å². The van der Waals surface area contributed by atoms with Crippen molar-refractivity contribution >= 4 is 21.8 Å². The number of benzene rings is 3. The number of aromatic nitrogens is 2. The van der Waals surface area contributed by atoms with Crippen LogP contribution in [0.1, 0.15) is 31.2 Å². The molecule has 0 radical (unpaired) electrons. The number of nitrogens with zero attached hydrogens (tertiary/aromatic N) is 3. The molecule has 4 aromatic rings. The Morgan fingerprint density at radius 3 is 2.41 bits per heavy atom. The van der Waals surface area contributed by atoms with Gasteiger partial charge in [0, 0.05) is 28.3 Å². The minimum Gasteiger partial charge on any atom is -0.494 e. The zero-order valence-electron chi connectivity index (χ0n) is 20.6. The maximum Gasteiger partial charge on any atom is 0.253 e. The van der Waals surface area contributed by atoms with Crippen molar-refractivity contribution in [3.05, 3.63) is 100 Å². The molecular weight excluding hydrogens is 537 g/mol. The molecule has 0 N–H and O–H groups in total. The van der Waals surface area contributed by atoms with Crippen LogP contribution < -0.4 is 4.74 Å². The van der Waals surface area contributed by atoms with Crippen LogP contribution in [0.4, 0.5) is 4.39 Å². The molecule has 1 fully saturated rings. The summed E-state index contributed by atoms with van der Waals surface area (Å²) < 4.78 is 28.1. The number of rotatable bonds is 8. The van der Waals surface area contributed by atoms with E-state index in [4.69, 9.17) is 14.6 Å². The van der Waals surface area contributed by atoms with Crippen LogP contribution in [0.25, 0.3) is 16.9 Å². The molecule has 190 valence electrons. The number of carbonyl (C=O) groups excluding carboxylic acids is 1. The molecule has 1 aliphatic heterocycles. The second-order valence-corrected chi connectivity index (χ2v) is 9.77.